The van der Waals surface area contributed by atoms with Crippen LogP contribution in [0.3, 0.4) is 0 Å². The number of nitrogens with zero attached hydrogens (tertiary/aromatic N) is 4. The maximum absolute atomic E-state index is 14.2. The minimum atomic E-state index is -1.20. The first kappa shape index (κ1) is 53.6. The highest BCUT2D eigenvalue weighted by atomic mass is 16.6. The van der Waals surface area contributed by atoms with Gasteiger partial charge in [-0.3, -0.25) is 28.5 Å². The third-order valence-corrected chi connectivity index (χ3v) is 9.69. The van der Waals surface area contributed by atoms with E-state index in [0.717, 1.165) is 11.1 Å². The number of methoxy groups -OCH3 is 4. The second-order valence-corrected chi connectivity index (χ2v) is 16.2. The zero-order chi connectivity index (χ0) is 49.6. The molecule has 0 radical (unpaired) electrons. The Bertz CT molecular complexity index is 2270. The zero-order valence-corrected chi connectivity index (χ0v) is 39.8. The molecule has 0 spiro atoms. The quantitative estimate of drug-likeness (QED) is 0.0423. The van der Waals surface area contributed by atoms with Crippen molar-refractivity contribution >= 4 is 47.3 Å². The molecule has 5 N–H and O–H groups in total. The van der Waals surface area contributed by atoms with Crippen molar-refractivity contribution in [2.45, 2.75) is 77.7 Å². The fraction of sp³-hybridized carbons (Fsp3) is 0.478. The average molecular weight is 950 g/mol. The molecule has 22 heteroatoms. The summed E-state index contributed by atoms with van der Waals surface area (Å²) in [5.41, 5.74) is 0.911. The molecule has 2 aromatic carbocycles. The number of aromatic nitrogens is 4. The number of alkyl carbamates (subject to hydrolysis) is 1. The van der Waals surface area contributed by atoms with Gasteiger partial charge in [0.15, 0.2) is 11.6 Å². The molecule has 370 valence electrons. The van der Waals surface area contributed by atoms with Crippen molar-refractivity contribution in [2.24, 2.45) is 0 Å². The molecule has 2 atom stereocenters. The van der Waals surface area contributed by atoms with E-state index in [1.807, 2.05) is 0 Å². The van der Waals surface area contributed by atoms with E-state index in [4.69, 9.17) is 33.2 Å². The van der Waals surface area contributed by atoms with Crippen LogP contribution in [0.25, 0.3) is 0 Å². The highest BCUT2D eigenvalue weighted by molar-refractivity contribution is 6.00. The van der Waals surface area contributed by atoms with Gasteiger partial charge < -0.3 is 59.7 Å². The molecule has 0 aliphatic carbocycles. The van der Waals surface area contributed by atoms with Crippen molar-refractivity contribution in [1.82, 2.24) is 35.5 Å². The molecule has 0 aliphatic heterocycles. The molecule has 0 saturated carbocycles. The normalized spacial score (nSPS) is 12.0. The van der Waals surface area contributed by atoms with Gasteiger partial charge in [-0.05, 0) is 82.3 Å². The van der Waals surface area contributed by atoms with Crippen molar-refractivity contribution in [2.75, 3.05) is 78.7 Å². The third-order valence-electron chi connectivity index (χ3n) is 9.69. The molecule has 68 heavy (non-hydrogen) atoms. The van der Waals surface area contributed by atoms with Crippen LogP contribution < -0.4 is 36.1 Å². The second-order valence-electron chi connectivity index (χ2n) is 16.2. The predicted octanol–water partition coefficient (Wildman–Crippen LogP) is 3.53. The van der Waals surface area contributed by atoms with Gasteiger partial charge >= 0.3 is 12.1 Å². The average Bonchev–Trinajstić information content (AvgIpc) is 3.90. The standard InChI is InChI=1S/C46H63N9O13/c1-30(41(57)51-39-26-37(44(60)65-8)55(53-39)28-32-14-18-34(64-7)19-15-32)48-42(58)35(11-9-10-20-47-45(61)68-46(2,3)4)49-43(59)36-25-38(50-40(56)29-67-24-23-66-22-21-62-5)52-54(36)27-31-12-16-33(63-6)17-13-31/h12-19,25-26,30,35H,9-11,20-24,27-29H2,1-8H3,(H,47,61)(H,48,58)(H,49,59)(H,50,52,56)(H,51,53,57)/t30-,35-/m0/s1. The van der Waals surface area contributed by atoms with Crippen molar-refractivity contribution in [3.63, 3.8) is 0 Å². The summed E-state index contributed by atoms with van der Waals surface area (Å²) in [7, 11) is 5.87. The van der Waals surface area contributed by atoms with Crippen LogP contribution in [0.15, 0.2) is 60.7 Å². The first-order valence-electron chi connectivity index (χ1n) is 21.9. The van der Waals surface area contributed by atoms with Crippen LogP contribution in [0, 0.1) is 0 Å². The molecule has 4 aromatic rings. The summed E-state index contributed by atoms with van der Waals surface area (Å²) in [6.45, 7) is 8.06. The zero-order valence-electron chi connectivity index (χ0n) is 39.8. The lowest BCUT2D eigenvalue weighted by molar-refractivity contribution is -0.127. The molecule has 2 aromatic heterocycles. The number of nitrogens with one attached hydrogen (secondary N) is 5. The minimum absolute atomic E-state index is 0.00500. The van der Waals surface area contributed by atoms with E-state index in [1.54, 1.807) is 83.5 Å². The summed E-state index contributed by atoms with van der Waals surface area (Å²) < 4.78 is 39.2. The summed E-state index contributed by atoms with van der Waals surface area (Å²) in [6, 6.07) is 14.6. The lowest BCUT2D eigenvalue weighted by atomic mass is 10.1. The van der Waals surface area contributed by atoms with Crippen molar-refractivity contribution in [3.05, 3.63) is 83.2 Å². The van der Waals surface area contributed by atoms with E-state index < -0.39 is 53.4 Å². The van der Waals surface area contributed by atoms with Crippen LogP contribution in [-0.4, -0.2) is 141 Å². The summed E-state index contributed by atoms with van der Waals surface area (Å²) in [5, 5.41) is 22.3. The smallest absolute Gasteiger partial charge is 0.407 e. The molecule has 0 unspecified atom stereocenters. The third kappa shape index (κ3) is 18.0. The van der Waals surface area contributed by atoms with E-state index in [9.17, 15) is 28.8 Å². The number of amides is 5. The molecule has 0 fully saturated rings. The molecule has 4 rings (SSSR count). The number of esters is 1. The predicted molar refractivity (Wildman–Crippen MR) is 248 cm³/mol. The Morgan fingerprint density at radius 3 is 1.81 bits per heavy atom. The highest BCUT2D eigenvalue weighted by Crippen LogP contribution is 2.19. The molecule has 0 bridgehead atoms. The van der Waals surface area contributed by atoms with Crippen molar-refractivity contribution in [3.8, 4) is 11.5 Å². The number of benzene rings is 2. The minimum Gasteiger partial charge on any atom is -0.497 e. The van der Waals surface area contributed by atoms with Crippen molar-refractivity contribution < 1.29 is 61.9 Å². The number of anilines is 2. The molecular formula is C46H63N9O13. The number of unbranched alkanes of at least 4 members (excludes halogenated alkanes) is 1. The molecule has 5 amide bonds. The number of rotatable bonds is 27. The maximum atomic E-state index is 14.2. The molecule has 22 nitrogen and oxygen atoms in total. The van der Waals surface area contributed by atoms with Crippen LogP contribution >= 0.6 is 0 Å². The van der Waals surface area contributed by atoms with Gasteiger partial charge in [0.2, 0.25) is 11.8 Å². The lowest BCUT2D eigenvalue weighted by Gasteiger charge is -2.22. The summed E-state index contributed by atoms with van der Waals surface area (Å²) in [6.07, 6.45) is 0.239. The lowest BCUT2D eigenvalue weighted by Crippen LogP contribution is -2.52. The second kappa shape index (κ2) is 26.9. The van der Waals surface area contributed by atoms with Gasteiger partial charge in [-0.15, -0.1) is 0 Å². The Hall–Kier alpha value is -7.04. The van der Waals surface area contributed by atoms with Crippen molar-refractivity contribution in [1.29, 1.82) is 0 Å². The van der Waals surface area contributed by atoms with Gasteiger partial charge in [-0.1, -0.05) is 24.3 Å². The van der Waals surface area contributed by atoms with E-state index in [-0.39, 0.29) is 68.9 Å². The van der Waals surface area contributed by atoms with Crippen LogP contribution in [-0.2, 0) is 51.2 Å². The number of ether oxygens (including phenoxy) is 7. The van der Waals surface area contributed by atoms with Gasteiger partial charge in [-0.2, -0.15) is 10.2 Å². The number of hydrogen-bond acceptors (Lipinski definition) is 15. The monoisotopic (exact) mass is 949 g/mol. The first-order valence-corrected chi connectivity index (χ1v) is 21.9. The fourth-order valence-corrected chi connectivity index (χ4v) is 6.26. The highest BCUT2D eigenvalue weighted by Gasteiger charge is 2.28. The first-order chi connectivity index (χ1) is 32.5. The van der Waals surface area contributed by atoms with E-state index in [0.29, 0.717) is 37.6 Å². The van der Waals surface area contributed by atoms with Gasteiger partial charge in [0.1, 0.15) is 47.2 Å². The van der Waals surface area contributed by atoms with Crippen LogP contribution in [0.1, 0.15) is 79.1 Å². The Morgan fingerprint density at radius 1 is 0.676 bits per heavy atom. The number of hydrogen-bond donors (Lipinski definition) is 5. The van der Waals surface area contributed by atoms with E-state index in [2.05, 4.69) is 36.8 Å². The largest absolute Gasteiger partial charge is 0.497 e. The summed E-state index contributed by atoms with van der Waals surface area (Å²) >= 11 is 0. The number of carbonyl (C=O) groups excluding carboxylic acids is 6. The number of carbonyl (C=O) groups is 6. The Morgan fingerprint density at radius 2 is 1.24 bits per heavy atom. The van der Waals surface area contributed by atoms with Crippen LogP contribution in [0.2, 0.25) is 0 Å². The Labute approximate surface area is 395 Å². The fourth-order valence-electron chi connectivity index (χ4n) is 6.26. The molecular weight excluding hydrogens is 887 g/mol. The topological polar surface area (TPSA) is 263 Å². The molecule has 0 saturated heterocycles. The molecule has 0 aliphatic rings. The van der Waals surface area contributed by atoms with Gasteiger partial charge in [-0.25, -0.2) is 9.59 Å². The Kier molecular flexibility index (Phi) is 21.2. The van der Waals surface area contributed by atoms with Gasteiger partial charge in [0.05, 0.1) is 60.8 Å². The maximum Gasteiger partial charge on any atom is 0.407 e. The SMILES string of the molecule is COCCOCCOCC(=O)Nc1cc(C(=O)N[C@@H](CCCCNC(=O)OC(C)(C)C)C(=O)N[C@@H](C)C(=O)Nc2cc(C(=O)OC)n(Cc3ccc(OC)cc3)n2)n(Cc2ccc(OC)cc2)n1. The van der Waals surface area contributed by atoms with E-state index in [1.165, 1.54) is 42.6 Å². The van der Waals surface area contributed by atoms with Crippen LogP contribution in [0.5, 0.6) is 11.5 Å². The summed E-state index contributed by atoms with van der Waals surface area (Å²) in [5.74, 6) is -1.95. The Balaban J connectivity index is 1.51. The van der Waals surface area contributed by atoms with Crippen LogP contribution in [0.4, 0.5) is 16.4 Å². The van der Waals surface area contributed by atoms with Gasteiger partial charge in [0, 0.05) is 25.8 Å². The van der Waals surface area contributed by atoms with E-state index >= 15 is 0 Å². The summed E-state index contributed by atoms with van der Waals surface area (Å²) in [4.78, 5) is 79.5. The van der Waals surface area contributed by atoms with Gasteiger partial charge in [0.25, 0.3) is 11.8 Å². The molecule has 2 heterocycles.